The van der Waals surface area contributed by atoms with E-state index in [2.05, 4.69) is 21.2 Å². The maximum atomic E-state index is 11.9. The molecule has 2 rings (SSSR count). The molecule has 5 heteroatoms. The molecule has 0 fully saturated rings. The van der Waals surface area contributed by atoms with E-state index in [1.54, 1.807) is 0 Å². The third kappa shape index (κ3) is 5.56. The molecule has 0 aliphatic heterocycles. The average molecular weight is 397 g/mol. The molecule has 0 aliphatic carbocycles. The molecule has 23 heavy (non-hydrogen) atoms. The van der Waals surface area contributed by atoms with Crippen molar-refractivity contribution in [1.29, 1.82) is 0 Å². The van der Waals surface area contributed by atoms with E-state index >= 15 is 0 Å². The largest absolute Gasteiger partial charge is 0.489 e. The van der Waals surface area contributed by atoms with Gasteiger partial charge in [0, 0.05) is 16.6 Å². The van der Waals surface area contributed by atoms with Gasteiger partial charge in [0.15, 0.2) is 0 Å². The van der Waals surface area contributed by atoms with Crippen molar-refractivity contribution in [2.75, 3.05) is 5.32 Å². The highest BCUT2D eigenvalue weighted by Crippen LogP contribution is 2.31. The van der Waals surface area contributed by atoms with Crippen LogP contribution in [0, 0.1) is 6.92 Å². The smallest absolute Gasteiger partial charge is 0.224 e. The Morgan fingerprint density at radius 3 is 2.70 bits per heavy atom. The number of hydrogen-bond acceptors (Lipinski definition) is 2. The minimum absolute atomic E-state index is 0.0234. The molecule has 1 atom stereocenters. The number of ether oxygens (including phenoxy) is 1. The van der Waals surface area contributed by atoms with Crippen LogP contribution in [0.2, 0.25) is 5.02 Å². The first-order valence-electron chi connectivity index (χ1n) is 7.43. The van der Waals surface area contributed by atoms with Crippen molar-refractivity contribution < 1.29 is 9.53 Å². The summed E-state index contributed by atoms with van der Waals surface area (Å²) in [5.41, 5.74) is 1.86. The quantitative estimate of drug-likeness (QED) is 0.690. The summed E-state index contributed by atoms with van der Waals surface area (Å²) in [6, 6.07) is 13.1. The number of para-hydroxylation sites is 1. The first-order valence-corrected chi connectivity index (χ1v) is 8.60. The van der Waals surface area contributed by atoms with Gasteiger partial charge in [-0.15, -0.1) is 0 Å². The number of carbonyl (C=O) groups excluding carboxylic acids is 1. The second-order valence-corrected chi connectivity index (χ2v) is 6.67. The van der Waals surface area contributed by atoms with Gasteiger partial charge in [0.25, 0.3) is 0 Å². The highest BCUT2D eigenvalue weighted by molar-refractivity contribution is 9.10. The van der Waals surface area contributed by atoms with Gasteiger partial charge < -0.3 is 10.1 Å². The molecule has 1 unspecified atom stereocenters. The van der Waals surface area contributed by atoms with E-state index in [4.69, 9.17) is 16.3 Å². The van der Waals surface area contributed by atoms with Crippen LogP contribution in [0.25, 0.3) is 0 Å². The number of aryl methyl sites for hydroxylation is 1. The Balaban J connectivity index is 1.84. The molecule has 1 amide bonds. The van der Waals surface area contributed by atoms with E-state index in [-0.39, 0.29) is 12.0 Å². The Kier molecular flexibility index (Phi) is 6.48. The van der Waals surface area contributed by atoms with Crippen LogP contribution in [0.15, 0.2) is 46.9 Å². The molecule has 0 saturated carbocycles. The molecule has 122 valence electrons. The second-order valence-electron chi connectivity index (χ2n) is 5.41. The van der Waals surface area contributed by atoms with Crippen molar-refractivity contribution in [3.8, 4) is 5.75 Å². The summed E-state index contributed by atoms with van der Waals surface area (Å²) in [4.78, 5) is 11.9. The Morgan fingerprint density at radius 2 is 2.00 bits per heavy atom. The van der Waals surface area contributed by atoms with Crippen molar-refractivity contribution in [2.45, 2.75) is 32.8 Å². The molecule has 0 radical (unpaired) electrons. The highest BCUT2D eigenvalue weighted by atomic mass is 79.9. The Labute approximate surface area is 150 Å². The predicted octanol–water partition coefficient (Wildman–Crippen LogP) is 5.60. The minimum atomic E-state index is -0.102. The molecule has 0 aliphatic rings. The molecule has 1 N–H and O–H groups in total. The van der Waals surface area contributed by atoms with Crippen molar-refractivity contribution in [1.82, 2.24) is 0 Å². The Bertz CT molecular complexity index is 676. The lowest BCUT2D eigenvalue weighted by Crippen LogP contribution is -2.18. The summed E-state index contributed by atoms with van der Waals surface area (Å²) >= 11 is 9.62. The van der Waals surface area contributed by atoms with Crippen molar-refractivity contribution >= 4 is 39.1 Å². The zero-order chi connectivity index (χ0) is 16.8. The van der Waals surface area contributed by atoms with Gasteiger partial charge in [0.1, 0.15) is 5.75 Å². The number of amides is 1. The summed E-state index contributed by atoms with van der Waals surface area (Å²) in [5, 5.41) is 3.42. The van der Waals surface area contributed by atoms with Gasteiger partial charge in [0.05, 0.1) is 11.1 Å². The Morgan fingerprint density at radius 1 is 1.30 bits per heavy atom. The molecule has 0 bridgehead atoms. The standard InChI is InChI=1S/C18H19BrClNO2/c1-12-10-17(16(20)11-15(12)19)23-13(2)8-9-18(22)21-14-6-4-3-5-7-14/h3-7,10-11,13H,8-9H2,1-2H3,(H,21,22). The average Bonchev–Trinajstić information content (AvgIpc) is 2.51. The van der Waals surface area contributed by atoms with E-state index in [1.807, 2.05) is 56.3 Å². The number of nitrogens with one attached hydrogen (secondary N) is 1. The van der Waals surface area contributed by atoms with Crippen molar-refractivity contribution in [2.24, 2.45) is 0 Å². The van der Waals surface area contributed by atoms with Gasteiger partial charge in [-0.3, -0.25) is 4.79 Å². The number of benzene rings is 2. The first kappa shape index (κ1) is 17.8. The molecule has 2 aromatic rings. The summed E-state index contributed by atoms with van der Waals surface area (Å²) in [6.45, 7) is 3.91. The fraction of sp³-hybridized carbons (Fsp3) is 0.278. The predicted molar refractivity (Wildman–Crippen MR) is 98.3 cm³/mol. The first-order chi connectivity index (χ1) is 11.0. The zero-order valence-electron chi connectivity index (χ0n) is 13.1. The van der Waals surface area contributed by atoms with Gasteiger partial charge >= 0.3 is 0 Å². The molecular weight excluding hydrogens is 378 g/mol. The number of hydrogen-bond donors (Lipinski definition) is 1. The topological polar surface area (TPSA) is 38.3 Å². The molecule has 0 spiro atoms. The van der Waals surface area contributed by atoms with E-state index in [0.717, 1.165) is 15.7 Å². The van der Waals surface area contributed by atoms with Crippen LogP contribution < -0.4 is 10.1 Å². The summed E-state index contributed by atoms with van der Waals surface area (Å²) in [6.07, 6.45) is 0.905. The van der Waals surface area contributed by atoms with Crippen LogP contribution in [0.4, 0.5) is 5.69 Å². The van der Waals surface area contributed by atoms with Gasteiger partial charge in [-0.05, 0) is 50.1 Å². The minimum Gasteiger partial charge on any atom is -0.489 e. The SMILES string of the molecule is Cc1cc(OC(C)CCC(=O)Nc2ccccc2)c(Cl)cc1Br. The monoisotopic (exact) mass is 395 g/mol. The summed E-state index contributed by atoms with van der Waals surface area (Å²) in [7, 11) is 0. The molecule has 3 nitrogen and oxygen atoms in total. The molecule has 0 saturated heterocycles. The number of rotatable bonds is 6. The third-order valence-corrected chi connectivity index (χ3v) is 4.53. The number of anilines is 1. The maximum absolute atomic E-state index is 11.9. The zero-order valence-corrected chi connectivity index (χ0v) is 15.4. The number of halogens is 2. The van der Waals surface area contributed by atoms with Crippen LogP contribution in [0.5, 0.6) is 5.75 Å². The highest BCUT2D eigenvalue weighted by Gasteiger charge is 2.12. The number of carbonyl (C=O) groups is 1. The lowest BCUT2D eigenvalue weighted by molar-refractivity contribution is -0.116. The molecule has 2 aromatic carbocycles. The maximum Gasteiger partial charge on any atom is 0.224 e. The van der Waals surface area contributed by atoms with Gasteiger partial charge in [-0.2, -0.15) is 0 Å². The third-order valence-electron chi connectivity index (χ3n) is 3.38. The van der Waals surface area contributed by atoms with Crippen molar-refractivity contribution in [3.63, 3.8) is 0 Å². The lowest BCUT2D eigenvalue weighted by atomic mass is 10.2. The fourth-order valence-electron chi connectivity index (χ4n) is 2.08. The summed E-state index contributed by atoms with van der Waals surface area (Å²) in [5.74, 6) is 0.619. The van der Waals surface area contributed by atoms with E-state index in [1.165, 1.54) is 0 Å². The van der Waals surface area contributed by atoms with Gasteiger partial charge in [0.2, 0.25) is 5.91 Å². The molecular formula is C18H19BrClNO2. The van der Waals surface area contributed by atoms with Crippen molar-refractivity contribution in [3.05, 3.63) is 57.5 Å². The van der Waals surface area contributed by atoms with Gasteiger partial charge in [-0.1, -0.05) is 45.7 Å². The van der Waals surface area contributed by atoms with Crippen LogP contribution in [-0.2, 0) is 4.79 Å². The van der Waals surface area contributed by atoms with Crippen LogP contribution in [0.3, 0.4) is 0 Å². The molecule has 0 aromatic heterocycles. The van der Waals surface area contributed by atoms with E-state index in [9.17, 15) is 4.79 Å². The van der Waals surface area contributed by atoms with Crippen LogP contribution >= 0.6 is 27.5 Å². The van der Waals surface area contributed by atoms with Crippen LogP contribution in [-0.4, -0.2) is 12.0 Å². The van der Waals surface area contributed by atoms with E-state index < -0.39 is 0 Å². The fourth-order valence-corrected chi connectivity index (χ4v) is 2.76. The Hall–Kier alpha value is -1.52. The second kappa shape index (κ2) is 8.37. The molecule has 0 heterocycles. The van der Waals surface area contributed by atoms with E-state index in [0.29, 0.717) is 23.6 Å². The normalized spacial score (nSPS) is 11.8. The van der Waals surface area contributed by atoms with Crippen LogP contribution in [0.1, 0.15) is 25.3 Å². The van der Waals surface area contributed by atoms with Gasteiger partial charge in [-0.25, -0.2) is 0 Å². The lowest BCUT2D eigenvalue weighted by Gasteiger charge is -2.16. The summed E-state index contributed by atoms with van der Waals surface area (Å²) < 4.78 is 6.80.